The molecule has 0 saturated heterocycles. The predicted octanol–water partition coefficient (Wildman–Crippen LogP) is 5.67. The maximum atomic E-state index is 12.5. The van der Waals surface area contributed by atoms with E-state index in [4.69, 9.17) is 0 Å². The third-order valence-corrected chi connectivity index (χ3v) is 6.46. The summed E-state index contributed by atoms with van der Waals surface area (Å²) in [7, 11) is -2.16. The summed E-state index contributed by atoms with van der Waals surface area (Å²) >= 11 is 0. The summed E-state index contributed by atoms with van der Waals surface area (Å²) in [5.74, 6) is 0.889. The van der Waals surface area contributed by atoms with Crippen LogP contribution < -0.4 is 0 Å². The first-order valence-corrected chi connectivity index (χ1v) is 10.3. The van der Waals surface area contributed by atoms with Crippen LogP contribution in [0.1, 0.15) is 72.0 Å². The first-order valence-electron chi connectivity index (χ1n) is 8.64. The van der Waals surface area contributed by atoms with E-state index in [1.807, 2.05) is 32.9 Å². The van der Waals surface area contributed by atoms with Gasteiger partial charge in [0.25, 0.3) is 0 Å². The van der Waals surface area contributed by atoms with E-state index in [2.05, 4.69) is 0 Å². The molecular weight excluding hydrogens is 291 g/mol. The molecule has 1 fully saturated rings. The number of unbranched alkanes of at least 4 members (excludes halogenated alkanes) is 1. The summed E-state index contributed by atoms with van der Waals surface area (Å²) in [4.78, 5) is 12.5. The predicted molar refractivity (Wildman–Crippen MR) is 94.7 cm³/mol. The summed E-state index contributed by atoms with van der Waals surface area (Å²) in [6.07, 6.45) is 9.41. The number of hydrogen-bond acceptors (Lipinski definition) is 2. The topological polar surface area (TPSA) is 34.1 Å². The molecule has 0 heterocycles. The average Bonchev–Trinajstić information content (AvgIpc) is 2.95. The summed E-state index contributed by atoms with van der Waals surface area (Å²) < 4.78 is 12.4. The molecule has 1 aliphatic carbocycles. The lowest BCUT2D eigenvalue weighted by atomic mass is 10.0. The summed E-state index contributed by atoms with van der Waals surface area (Å²) in [5.41, 5.74) is 3.67. The molecule has 2 nitrogen and oxygen atoms in total. The minimum atomic E-state index is -2.16. The van der Waals surface area contributed by atoms with Crippen molar-refractivity contribution in [1.82, 2.24) is 0 Å². The number of carbonyl (C=O) groups excluding carboxylic acids is 1. The van der Waals surface area contributed by atoms with E-state index in [-0.39, 0.29) is 5.52 Å². The fourth-order valence-electron chi connectivity index (χ4n) is 3.81. The van der Waals surface area contributed by atoms with Crippen molar-refractivity contribution in [2.45, 2.75) is 65.7 Å². The molecule has 2 rings (SSSR count). The lowest BCUT2D eigenvalue weighted by molar-refractivity contribution is 0.107. The van der Waals surface area contributed by atoms with Crippen LogP contribution in [-0.4, -0.2) is 11.7 Å². The van der Waals surface area contributed by atoms with Gasteiger partial charge in [-0.1, -0.05) is 56.2 Å². The van der Waals surface area contributed by atoms with Crippen LogP contribution in [-0.2, 0) is 4.57 Å². The van der Waals surface area contributed by atoms with Gasteiger partial charge in [0.1, 0.15) is 7.80 Å². The Balaban J connectivity index is 1.85. The number of rotatable bonds is 7. The van der Waals surface area contributed by atoms with Crippen LogP contribution in [0.2, 0.25) is 0 Å². The largest absolute Gasteiger partial charge is 0.318 e. The van der Waals surface area contributed by atoms with Gasteiger partial charge in [0.2, 0.25) is 5.52 Å². The molecule has 0 aromatic heterocycles. The number of hydrogen-bond donors (Lipinski definition) is 0. The number of aryl methyl sites for hydroxylation is 3. The van der Waals surface area contributed by atoms with Crippen LogP contribution >= 0.6 is 7.80 Å². The lowest BCUT2D eigenvalue weighted by Crippen LogP contribution is -2.03. The minimum absolute atomic E-state index is 0.110. The van der Waals surface area contributed by atoms with Crippen molar-refractivity contribution in [3.05, 3.63) is 34.4 Å². The van der Waals surface area contributed by atoms with Crippen LogP contribution in [0.15, 0.2) is 12.1 Å². The molecule has 0 bridgehead atoms. The van der Waals surface area contributed by atoms with E-state index in [0.717, 1.165) is 35.4 Å². The second kappa shape index (κ2) is 8.11. The van der Waals surface area contributed by atoms with Crippen molar-refractivity contribution in [3.63, 3.8) is 0 Å². The van der Waals surface area contributed by atoms with Crippen molar-refractivity contribution in [2.75, 3.05) is 6.16 Å². The summed E-state index contributed by atoms with van der Waals surface area (Å²) in [6.45, 7) is 5.92. The molecule has 0 radical (unpaired) electrons. The Morgan fingerprint density at radius 1 is 1.09 bits per heavy atom. The van der Waals surface area contributed by atoms with Crippen molar-refractivity contribution < 1.29 is 9.36 Å². The Kier molecular flexibility index (Phi) is 6.44. The van der Waals surface area contributed by atoms with Crippen molar-refractivity contribution in [3.8, 4) is 0 Å². The normalized spacial score (nSPS) is 16.9. The number of benzene rings is 1. The second-order valence-electron chi connectivity index (χ2n) is 6.92. The van der Waals surface area contributed by atoms with E-state index in [1.165, 1.54) is 32.1 Å². The minimum Gasteiger partial charge on any atom is -0.318 e. The zero-order chi connectivity index (χ0) is 16.1. The van der Waals surface area contributed by atoms with E-state index in [0.29, 0.717) is 11.7 Å². The van der Waals surface area contributed by atoms with Gasteiger partial charge < -0.3 is 4.57 Å². The first kappa shape index (κ1) is 17.5. The molecule has 0 spiro atoms. The zero-order valence-corrected chi connectivity index (χ0v) is 15.2. The number of carbonyl (C=O) groups is 1. The Hall–Kier alpha value is -0.880. The molecule has 1 aliphatic rings. The Bertz CT molecular complexity index is 534. The third-order valence-electron chi connectivity index (χ3n) is 4.90. The molecule has 1 unspecified atom stereocenters. The maximum Gasteiger partial charge on any atom is 0.219 e. The average molecular weight is 320 g/mol. The highest BCUT2D eigenvalue weighted by atomic mass is 31.1. The van der Waals surface area contributed by atoms with Gasteiger partial charge >= 0.3 is 0 Å². The van der Waals surface area contributed by atoms with E-state index >= 15 is 0 Å². The molecule has 0 aliphatic heterocycles. The monoisotopic (exact) mass is 320 g/mol. The first-order chi connectivity index (χ1) is 10.5. The van der Waals surface area contributed by atoms with Gasteiger partial charge in [-0.05, 0) is 44.2 Å². The van der Waals surface area contributed by atoms with Crippen molar-refractivity contribution in [1.29, 1.82) is 0 Å². The fraction of sp³-hybridized carbons (Fsp3) is 0.632. The third kappa shape index (κ3) is 4.56. The molecule has 0 N–H and O–H groups in total. The molecule has 1 aromatic carbocycles. The van der Waals surface area contributed by atoms with Gasteiger partial charge in [-0.2, -0.15) is 0 Å². The van der Waals surface area contributed by atoms with Gasteiger partial charge in [0, 0.05) is 11.7 Å². The highest BCUT2D eigenvalue weighted by Crippen LogP contribution is 2.33. The lowest BCUT2D eigenvalue weighted by Gasteiger charge is -2.11. The molecule has 122 valence electrons. The highest BCUT2D eigenvalue weighted by molar-refractivity contribution is 7.64. The smallest absolute Gasteiger partial charge is 0.219 e. The maximum absolute atomic E-state index is 12.5. The van der Waals surface area contributed by atoms with Crippen LogP contribution in [0.4, 0.5) is 0 Å². The Morgan fingerprint density at radius 2 is 1.68 bits per heavy atom. The quantitative estimate of drug-likeness (QED) is 0.479. The molecule has 1 atom stereocenters. The van der Waals surface area contributed by atoms with Gasteiger partial charge in [-0.15, -0.1) is 0 Å². The molecule has 22 heavy (non-hydrogen) atoms. The van der Waals surface area contributed by atoms with Gasteiger partial charge in [0.05, 0.1) is 0 Å². The highest BCUT2D eigenvalue weighted by Gasteiger charge is 2.19. The van der Waals surface area contributed by atoms with E-state index < -0.39 is 7.80 Å². The second-order valence-corrected chi connectivity index (χ2v) is 8.72. The standard InChI is InChI=1S/C19H29O2P/c1-14-12-15(2)18(16(3)13-14)19(20)22(21)11-7-6-10-17-8-4-5-9-17/h12-13,17,22H,4-11H2,1-3H3. The van der Waals surface area contributed by atoms with Gasteiger partial charge in [0.15, 0.2) is 0 Å². The SMILES string of the molecule is Cc1cc(C)c(C(=O)[PH](=O)CCCCC2CCCC2)c(C)c1. The van der Waals surface area contributed by atoms with Crippen LogP contribution in [0, 0.1) is 26.7 Å². The molecule has 0 amide bonds. The van der Waals surface area contributed by atoms with E-state index in [1.54, 1.807) is 0 Å². The zero-order valence-electron chi connectivity index (χ0n) is 14.2. The van der Waals surface area contributed by atoms with Gasteiger partial charge in [-0.3, -0.25) is 4.79 Å². The molecule has 3 heteroatoms. The van der Waals surface area contributed by atoms with E-state index in [9.17, 15) is 9.36 Å². The fourth-order valence-corrected chi connectivity index (χ4v) is 5.28. The van der Waals surface area contributed by atoms with Crippen molar-refractivity contribution >= 4 is 13.3 Å². The molecule has 1 aromatic rings. The van der Waals surface area contributed by atoms with Crippen LogP contribution in [0.25, 0.3) is 0 Å². The van der Waals surface area contributed by atoms with Crippen LogP contribution in [0.3, 0.4) is 0 Å². The Morgan fingerprint density at radius 3 is 2.27 bits per heavy atom. The molecule has 1 saturated carbocycles. The van der Waals surface area contributed by atoms with Gasteiger partial charge in [-0.25, -0.2) is 0 Å². The van der Waals surface area contributed by atoms with Crippen LogP contribution in [0.5, 0.6) is 0 Å². The Labute approximate surface area is 135 Å². The molecular formula is C19H29O2P. The van der Waals surface area contributed by atoms with Crippen molar-refractivity contribution in [2.24, 2.45) is 5.92 Å². The summed E-state index contributed by atoms with van der Waals surface area (Å²) in [5, 5.41) is 0. The summed E-state index contributed by atoms with van der Waals surface area (Å²) in [6, 6.07) is 4.02.